The van der Waals surface area contributed by atoms with Gasteiger partial charge in [-0.15, -0.1) is 11.3 Å². The summed E-state index contributed by atoms with van der Waals surface area (Å²) in [5, 5.41) is 4.18. The molecule has 146 valence electrons. The molecule has 1 amide bonds. The number of anilines is 2. The minimum atomic E-state index is 0.0359. The minimum Gasteiger partial charge on any atom is -0.378 e. The van der Waals surface area contributed by atoms with E-state index in [0.29, 0.717) is 19.6 Å². The first-order valence-electron chi connectivity index (χ1n) is 9.45. The molecule has 1 aliphatic heterocycles. The largest absolute Gasteiger partial charge is 0.378 e. The van der Waals surface area contributed by atoms with Crippen LogP contribution >= 0.6 is 27.3 Å². The summed E-state index contributed by atoms with van der Waals surface area (Å²) in [5.41, 5.74) is 2.93. The Labute approximate surface area is 176 Å². The molecule has 2 aromatic carbocycles. The normalized spacial score (nSPS) is 14.4. The second-order valence-corrected chi connectivity index (χ2v) is 8.77. The number of aryl methyl sites for hydroxylation is 1. The number of nitrogens with zero attached hydrogens (tertiary/aromatic N) is 2. The highest BCUT2D eigenvalue weighted by molar-refractivity contribution is 9.10. The highest BCUT2D eigenvalue weighted by Gasteiger charge is 2.16. The fourth-order valence-corrected chi connectivity index (χ4v) is 4.70. The van der Waals surface area contributed by atoms with Crippen LogP contribution in [0.4, 0.5) is 11.4 Å². The van der Waals surface area contributed by atoms with Gasteiger partial charge in [-0.05, 0) is 43.2 Å². The van der Waals surface area contributed by atoms with Crippen LogP contribution in [0.15, 0.2) is 46.9 Å². The maximum Gasteiger partial charge on any atom is 0.224 e. The van der Waals surface area contributed by atoms with Crippen LogP contribution in [-0.2, 0) is 16.0 Å². The van der Waals surface area contributed by atoms with Crippen molar-refractivity contribution < 1.29 is 9.53 Å². The Balaban J connectivity index is 1.36. The van der Waals surface area contributed by atoms with Gasteiger partial charge in [0.25, 0.3) is 0 Å². The molecule has 1 aromatic heterocycles. The molecule has 0 aliphatic carbocycles. The van der Waals surface area contributed by atoms with Gasteiger partial charge in [0.1, 0.15) is 0 Å². The van der Waals surface area contributed by atoms with E-state index in [1.807, 2.05) is 36.4 Å². The summed E-state index contributed by atoms with van der Waals surface area (Å²) in [4.78, 5) is 19.4. The molecule has 28 heavy (non-hydrogen) atoms. The molecule has 1 fully saturated rings. The van der Waals surface area contributed by atoms with Crippen LogP contribution in [0.1, 0.15) is 17.8 Å². The lowest BCUT2D eigenvalue weighted by molar-refractivity contribution is -0.116. The third-order valence-electron chi connectivity index (χ3n) is 4.72. The lowest BCUT2D eigenvalue weighted by atomic mass is 10.2. The fraction of sp³-hybridized carbons (Fsp3) is 0.333. The topological polar surface area (TPSA) is 54.5 Å². The maximum absolute atomic E-state index is 12.5. The molecule has 0 spiro atoms. The van der Waals surface area contributed by atoms with Gasteiger partial charge < -0.3 is 15.0 Å². The molecule has 5 nitrogen and oxygen atoms in total. The highest BCUT2D eigenvalue weighted by Crippen LogP contribution is 2.30. The number of para-hydroxylation sites is 1. The Kier molecular flexibility index (Phi) is 6.24. The number of ether oxygens (including phenoxy) is 1. The molecule has 1 aliphatic rings. The Hall–Kier alpha value is -1.96. The van der Waals surface area contributed by atoms with Crippen molar-refractivity contribution in [3.05, 3.63) is 51.9 Å². The van der Waals surface area contributed by atoms with Gasteiger partial charge >= 0.3 is 0 Å². The Morgan fingerprint density at radius 2 is 2.04 bits per heavy atom. The van der Waals surface area contributed by atoms with Gasteiger partial charge in [0.2, 0.25) is 5.91 Å². The summed E-state index contributed by atoms with van der Waals surface area (Å²) < 4.78 is 7.59. The molecule has 7 heteroatoms. The zero-order valence-corrected chi connectivity index (χ0v) is 17.9. The molecule has 0 saturated carbocycles. The molecule has 1 saturated heterocycles. The Bertz CT molecular complexity index is 936. The summed E-state index contributed by atoms with van der Waals surface area (Å²) in [7, 11) is 0. The van der Waals surface area contributed by atoms with Crippen molar-refractivity contribution in [1.29, 1.82) is 0 Å². The van der Waals surface area contributed by atoms with E-state index in [9.17, 15) is 4.79 Å². The smallest absolute Gasteiger partial charge is 0.224 e. The first-order valence-corrected chi connectivity index (χ1v) is 11.1. The predicted molar refractivity (Wildman–Crippen MR) is 118 cm³/mol. The van der Waals surface area contributed by atoms with Crippen molar-refractivity contribution in [2.45, 2.75) is 19.3 Å². The Morgan fingerprint density at radius 1 is 1.21 bits per heavy atom. The number of halogens is 1. The number of carbonyl (C=O) groups excluding carboxylic acids is 1. The molecule has 3 aromatic rings. The number of aromatic nitrogens is 1. The van der Waals surface area contributed by atoms with Crippen LogP contribution in [0.2, 0.25) is 0 Å². The van der Waals surface area contributed by atoms with Gasteiger partial charge in [-0.3, -0.25) is 4.79 Å². The summed E-state index contributed by atoms with van der Waals surface area (Å²) in [6.07, 6.45) is 2.08. The molecular formula is C21H22BrN3O2S. The van der Waals surface area contributed by atoms with Crippen molar-refractivity contribution in [3.63, 3.8) is 0 Å². The highest BCUT2D eigenvalue weighted by atomic mass is 79.9. The van der Waals surface area contributed by atoms with E-state index in [0.717, 1.165) is 52.3 Å². The lowest BCUT2D eigenvalue weighted by Crippen LogP contribution is -2.36. The molecule has 0 radical (unpaired) electrons. The second kappa shape index (κ2) is 9.03. The molecule has 0 unspecified atom stereocenters. The van der Waals surface area contributed by atoms with Crippen LogP contribution in [-0.4, -0.2) is 37.2 Å². The van der Waals surface area contributed by atoms with Gasteiger partial charge in [-0.25, -0.2) is 4.98 Å². The molecule has 0 atom stereocenters. The average Bonchev–Trinajstić information content (AvgIpc) is 3.11. The monoisotopic (exact) mass is 459 g/mol. The summed E-state index contributed by atoms with van der Waals surface area (Å²) in [6, 6.07) is 14.2. The average molecular weight is 460 g/mol. The first kappa shape index (κ1) is 19.4. The standard InChI is InChI=1S/C21H22BrN3O2S/c22-15-8-9-18(25-10-12-27-13-11-25)17(14-15)23-20(26)6-3-7-21-24-16-4-1-2-5-19(16)28-21/h1-2,4-5,8-9,14H,3,6-7,10-13H2,(H,23,26). The number of hydrogen-bond acceptors (Lipinski definition) is 5. The maximum atomic E-state index is 12.5. The number of thiazole rings is 1. The summed E-state index contributed by atoms with van der Waals surface area (Å²) >= 11 is 5.22. The second-order valence-electron chi connectivity index (χ2n) is 6.74. The van der Waals surface area contributed by atoms with Gasteiger partial charge in [-0.2, -0.15) is 0 Å². The van der Waals surface area contributed by atoms with E-state index in [1.54, 1.807) is 11.3 Å². The molecule has 4 rings (SSSR count). The summed E-state index contributed by atoms with van der Waals surface area (Å²) in [5.74, 6) is 0.0359. The third kappa shape index (κ3) is 4.71. The number of hydrogen-bond donors (Lipinski definition) is 1. The van der Waals surface area contributed by atoms with Crippen molar-refractivity contribution in [3.8, 4) is 0 Å². The van der Waals surface area contributed by atoms with Crippen LogP contribution in [0, 0.1) is 0 Å². The summed E-state index contributed by atoms with van der Waals surface area (Å²) in [6.45, 7) is 3.10. The molecular weight excluding hydrogens is 438 g/mol. The zero-order chi connectivity index (χ0) is 19.3. The van der Waals surface area contributed by atoms with Crippen LogP contribution in [0.3, 0.4) is 0 Å². The van der Waals surface area contributed by atoms with Crippen LogP contribution < -0.4 is 10.2 Å². The molecule has 2 heterocycles. The van der Waals surface area contributed by atoms with Crippen molar-refractivity contribution in [2.75, 3.05) is 36.5 Å². The van der Waals surface area contributed by atoms with E-state index in [4.69, 9.17) is 4.74 Å². The number of rotatable bonds is 6. The van der Waals surface area contributed by atoms with Gasteiger partial charge in [0.05, 0.1) is 39.8 Å². The zero-order valence-electron chi connectivity index (χ0n) is 15.5. The number of morpholine rings is 1. The van der Waals surface area contributed by atoms with E-state index in [2.05, 4.69) is 37.2 Å². The fourth-order valence-electron chi connectivity index (χ4n) is 3.33. The number of benzene rings is 2. The van der Waals surface area contributed by atoms with Crippen molar-refractivity contribution in [1.82, 2.24) is 4.98 Å². The van der Waals surface area contributed by atoms with Gasteiger partial charge in [0.15, 0.2) is 0 Å². The minimum absolute atomic E-state index is 0.0359. The molecule has 1 N–H and O–H groups in total. The number of amides is 1. The van der Waals surface area contributed by atoms with Crippen LogP contribution in [0.25, 0.3) is 10.2 Å². The van der Waals surface area contributed by atoms with Crippen molar-refractivity contribution in [2.24, 2.45) is 0 Å². The SMILES string of the molecule is O=C(CCCc1nc2ccccc2s1)Nc1cc(Br)ccc1N1CCOCC1. The van der Waals surface area contributed by atoms with E-state index in [1.165, 1.54) is 4.70 Å². The van der Waals surface area contributed by atoms with Crippen LogP contribution in [0.5, 0.6) is 0 Å². The predicted octanol–water partition coefficient (Wildman–Crippen LogP) is 4.86. The van der Waals surface area contributed by atoms with E-state index < -0.39 is 0 Å². The number of nitrogens with one attached hydrogen (secondary N) is 1. The quantitative estimate of drug-likeness (QED) is 0.571. The lowest BCUT2D eigenvalue weighted by Gasteiger charge is -2.30. The number of fused-ring (bicyclic) bond motifs is 1. The van der Waals surface area contributed by atoms with Gasteiger partial charge in [0, 0.05) is 24.0 Å². The molecule has 0 bridgehead atoms. The third-order valence-corrected chi connectivity index (χ3v) is 6.31. The Morgan fingerprint density at radius 3 is 2.86 bits per heavy atom. The first-order chi connectivity index (χ1) is 13.7. The van der Waals surface area contributed by atoms with Crippen molar-refractivity contribution >= 4 is 54.8 Å². The van der Waals surface area contributed by atoms with Gasteiger partial charge in [-0.1, -0.05) is 28.1 Å². The van der Waals surface area contributed by atoms with E-state index in [-0.39, 0.29) is 5.91 Å². The van der Waals surface area contributed by atoms with E-state index >= 15 is 0 Å². The number of carbonyl (C=O) groups is 1.